The Morgan fingerprint density at radius 3 is 2.11 bits per heavy atom. The first-order chi connectivity index (χ1) is 17.8. The molecule has 5 atom stereocenters. The quantitative estimate of drug-likeness (QED) is 0.185. The van der Waals surface area contributed by atoms with Gasteiger partial charge in [0.2, 0.25) is 17.7 Å². The van der Waals surface area contributed by atoms with E-state index in [-0.39, 0.29) is 12.3 Å². The van der Waals surface area contributed by atoms with Gasteiger partial charge in [-0.1, -0.05) is 52.3 Å². The third-order valence-corrected chi connectivity index (χ3v) is 6.54. The van der Waals surface area contributed by atoms with Crippen LogP contribution in [0.4, 0.5) is 0 Å². The van der Waals surface area contributed by atoms with Gasteiger partial charge >= 0.3 is 11.9 Å². The van der Waals surface area contributed by atoms with Crippen molar-refractivity contribution in [2.45, 2.75) is 71.1 Å². The van der Waals surface area contributed by atoms with Crippen LogP contribution in [0.3, 0.4) is 0 Å². The summed E-state index contributed by atoms with van der Waals surface area (Å²) in [6.07, 6.45) is 1.40. The van der Waals surface area contributed by atoms with E-state index >= 15 is 0 Å². The minimum Gasteiger partial charge on any atom is -0.481 e. The number of rotatable bonds is 14. The van der Waals surface area contributed by atoms with Crippen LogP contribution in [-0.2, 0) is 30.4 Å². The van der Waals surface area contributed by atoms with Crippen LogP contribution in [0.15, 0.2) is 30.5 Å². The molecule has 12 heteroatoms. The van der Waals surface area contributed by atoms with Crippen molar-refractivity contribution < 1.29 is 34.2 Å². The van der Waals surface area contributed by atoms with Crippen LogP contribution < -0.4 is 21.7 Å². The fourth-order valence-electron chi connectivity index (χ4n) is 3.89. The molecule has 12 nitrogen and oxygen atoms in total. The summed E-state index contributed by atoms with van der Waals surface area (Å²) in [4.78, 5) is 65.3. The van der Waals surface area contributed by atoms with Gasteiger partial charge in [0.15, 0.2) is 0 Å². The van der Waals surface area contributed by atoms with Gasteiger partial charge in [-0.2, -0.15) is 0 Å². The highest BCUT2D eigenvalue weighted by atomic mass is 16.4. The molecule has 0 spiro atoms. The number of hydrogen-bond donors (Lipinski definition) is 7. The summed E-state index contributed by atoms with van der Waals surface area (Å²) in [5.41, 5.74) is 7.32. The predicted molar refractivity (Wildman–Crippen MR) is 140 cm³/mol. The minimum atomic E-state index is -1.51. The van der Waals surface area contributed by atoms with Gasteiger partial charge in [-0.15, -0.1) is 0 Å². The SMILES string of the molecule is CCC(C)C(NC(=O)C(Cc1c[nH]c2ccccc12)NC(=O)C(CC(=O)O)NC(=O)C(N)C(C)C)C(=O)O. The number of H-pyrrole nitrogens is 1. The second-order valence-corrected chi connectivity index (χ2v) is 9.76. The van der Waals surface area contributed by atoms with E-state index < -0.39 is 66.2 Å². The summed E-state index contributed by atoms with van der Waals surface area (Å²) >= 11 is 0. The van der Waals surface area contributed by atoms with Gasteiger partial charge in [0.05, 0.1) is 12.5 Å². The molecule has 0 saturated heterocycles. The first-order valence-electron chi connectivity index (χ1n) is 12.5. The van der Waals surface area contributed by atoms with Crippen LogP contribution in [0.2, 0.25) is 0 Å². The van der Waals surface area contributed by atoms with E-state index in [0.29, 0.717) is 12.0 Å². The van der Waals surface area contributed by atoms with Gasteiger partial charge in [0.25, 0.3) is 0 Å². The fourth-order valence-corrected chi connectivity index (χ4v) is 3.89. The number of nitrogens with one attached hydrogen (secondary N) is 4. The first kappa shape index (κ1) is 30.3. The fraction of sp³-hybridized carbons (Fsp3) is 0.500. The number of carboxylic acid groups (broad SMARTS) is 2. The Bertz CT molecular complexity index is 1160. The van der Waals surface area contributed by atoms with E-state index in [2.05, 4.69) is 20.9 Å². The van der Waals surface area contributed by atoms with E-state index in [0.717, 1.165) is 10.9 Å². The van der Waals surface area contributed by atoms with Gasteiger partial charge in [-0.3, -0.25) is 19.2 Å². The number of amides is 3. The zero-order valence-corrected chi connectivity index (χ0v) is 22.0. The molecule has 1 heterocycles. The molecule has 1 aromatic carbocycles. The Kier molecular flexibility index (Phi) is 10.8. The normalized spacial score (nSPS) is 15.2. The molecule has 5 unspecified atom stereocenters. The van der Waals surface area contributed by atoms with Gasteiger partial charge in [-0.05, 0) is 23.5 Å². The number of carbonyl (C=O) groups excluding carboxylic acids is 3. The van der Waals surface area contributed by atoms with Crippen LogP contribution in [-0.4, -0.2) is 69.0 Å². The Morgan fingerprint density at radius 1 is 0.921 bits per heavy atom. The summed E-state index contributed by atoms with van der Waals surface area (Å²) in [6, 6.07) is 2.37. The predicted octanol–water partition coefficient (Wildman–Crippen LogP) is 0.754. The van der Waals surface area contributed by atoms with Crippen LogP contribution in [0.25, 0.3) is 10.9 Å². The van der Waals surface area contributed by atoms with E-state index in [1.54, 1.807) is 33.9 Å². The molecule has 0 aliphatic heterocycles. The zero-order chi connectivity index (χ0) is 28.6. The lowest BCUT2D eigenvalue weighted by Crippen LogP contribution is -2.58. The summed E-state index contributed by atoms with van der Waals surface area (Å²) in [5, 5.41) is 27.1. The van der Waals surface area contributed by atoms with E-state index in [1.165, 1.54) is 0 Å². The topological polar surface area (TPSA) is 204 Å². The van der Waals surface area contributed by atoms with Crippen LogP contribution >= 0.6 is 0 Å². The van der Waals surface area contributed by atoms with Crippen molar-refractivity contribution >= 4 is 40.6 Å². The van der Waals surface area contributed by atoms with Crippen LogP contribution in [0.5, 0.6) is 0 Å². The molecule has 0 bridgehead atoms. The Balaban J connectivity index is 2.36. The third kappa shape index (κ3) is 8.04. The molecular formula is C26H37N5O7. The number of aliphatic carboxylic acids is 2. The molecule has 208 valence electrons. The van der Waals surface area contributed by atoms with Gasteiger partial charge < -0.3 is 36.9 Å². The first-order valence-corrected chi connectivity index (χ1v) is 12.5. The second kappa shape index (κ2) is 13.6. The van der Waals surface area contributed by atoms with Crippen molar-refractivity contribution in [3.8, 4) is 0 Å². The monoisotopic (exact) mass is 531 g/mol. The Hall–Kier alpha value is -3.93. The van der Waals surface area contributed by atoms with Gasteiger partial charge in [-0.25, -0.2) is 4.79 Å². The Labute approximate surface area is 220 Å². The minimum absolute atomic E-state index is 0.0202. The largest absolute Gasteiger partial charge is 0.481 e. The summed E-state index contributed by atoms with van der Waals surface area (Å²) in [5.74, 6) is -5.59. The van der Waals surface area contributed by atoms with Crippen LogP contribution in [0, 0.1) is 11.8 Å². The summed E-state index contributed by atoms with van der Waals surface area (Å²) in [7, 11) is 0. The van der Waals surface area contributed by atoms with Crippen LogP contribution in [0.1, 0.15) is 46.1 Å². The standard InChI is InChI=1S/C26H37N5O7/c1-5-14(4)22(26(37)38)31-24(35)18(10-15-12-28-17-9-7-6-8-16(15)17)29-23(34)19(11-20(32)33)30-25(36)21(27)13(2)3/h6-9,12-14,18-19,21-22,28H,5,10-11,27H2,1-4H3,(H,29,34)(H,30,36)(H,31,35)(H,32,33)(H,37,38). The second-order valence-electron chi connectivity index (χ2n) is 9.76. The number of carboxylic acids is 2. The van der Waals surface area contributed by atoms with Crippen molar-refractivity contribution in [2.75, 3.05) is 0 Å². The molecule has 0 fully saturated rings. The number of fused-ring (bicyclic) bond motifs is 1. The smallest absolute Gasteiger partial charge is 0.326 e. The molecule has 2 rings (SSSR count). The number of hydrogen-bond acceptors (Lipinski definition) is 6. The lowest BCUT2D eigenvalue weighted by molar-refractivity contribution is -0.144. The van der Waals surface area contributed by atoms with Gasteiger partial charge in [0, 0.05) is 23.5 Å². The Morgan fingerprint density at radius 2 is 1.53 bits per heavy atom. The molecule has 38 heavy (non-hydrogen) atoms. The molecular weight excluding hydrogens is 494 g/mol. The lowest BCUT2D eigenvalue weighted by Gasteiger charge is -2.26. The molecule has 1 aromatic heterocycles. The van der Waals surface area contributed by atoms with Crippen molar-refractivity contribution in [1.82, 2.24) is 20.9 Å². The molecule has 0 aliphatic rings. The van der Waals surface area contributed by atoms with Crippen molar-refractivity contribution in [3.05, 3.63) is 36.0 Å². The molecule has 0 aliphatic carbocycles. The molecule has 0 saturated carbocycles. The molecule has 2 aromatic rings. The number of benzene rings is 1. The van der Waals surface area contributed by atoms with Crippen molar-refractivity contribution in [2.24, 2.45) is 17.6 Å². The maximum Gasteiger partial charge on any atom is 0.326 e. The summed E-state index contributed by atoms with van der Waals surface area (Å²) < 4.78 is 0. The van der Waals surface area contributed by atoms with E-state index in [9.17, 15) is 34.2 Å². The highest BCUT2D eigenvalue weighted by Gasteiger charge is 2.33. The molecule has 0 radical (unpaired) electrons. The highest BCUT2D eigenvalue weighted by Crippen LogP contribution is 2.20. The zero-order valence-electron chi connectivity index (χ0n) is 22.0. The molecule has 8 N–H and O–H groups in total. The van der Waals surface area contributed by atoms with E-state index in [1.807, 2.05) is 24.3 Å². The molecule has 3 amide bonds. The van der Waals surface area contributed by atoms with Crippen molar-refractivity contribution in [3.63, 3.8) is 0 Å². The van der Waals surface area contributed by atoms with Gasteiger partial charge in [0.1, 0.15) is 18.1 Å². The average molecular weight is 532 g/mol. The maximum atomic E-state index is 13.3. The summed E-state index contributed by atoms with van der Waals surface area (Å²) in [6.45, 7) is 6.88. The lowest BCUT2D eigenvalue weighted by atomic mass is 9.97. The highest BCUT2D eigenvalue weighted by molar-refractivity contribution is 5.96. The number of nitrogens with two attached hydrogens (primary N) is 1. The van der Waals surface area contributed by atoms with Crippen molar-refractivity contribution in [1.29, 1.82) is 0 Å². The number of aromatic amines is 1. The third-order valence-electron chi connectivity index (χ3n) is 6.54. The number of aromatic nitrogens is 1. The maximum absolute atomic E-state index is 13.3. The average Bonchev–Trinajstić information content (AvgIpc) is 3.27. The van der Waals surface area contributed by atoms with E-state index in [4.69, 9.17) is 5.73 Å². The number of carbonyl (C=O) groups is 5. The number of para-hydroxylation sites is 1.